The largest absolute Gasteiger partial charge is 0.728 e. The highest BCUT2D eigenvalue weighted by molar-refractivity contribution is 6.33. The summed E-state index contributed by atoms with van der Waals surface area (Å²) in [6, 6.07) is 20.4. The molecule has 5 aromatic rings. The monoisotopic (exact) mass is 369 g/mol. The minimum atomic E-state index is -1.89. The Morgan fingerprint density at radius 2 is 1.75 bits per heavy atom. The molecule has 4 heterocycles. The van der Waals surface area contributed by atoms with Crippen LogP contribution >= 0.6 is 0 Å². The summed E-state index contributed by atoms with van der Waals surface area (Å²) >= 11 is 0. The lowest BCUT2D eigenvalue weighted by Gasteiger charge is -2.12. The molecule has 6 nitrogen and oxygen atoms in total. The van der Waals surface area contributed by atoms with Gasteiger partial charge in [-0.25, -0.2) is 4.73 Å². The van der Waals surface area contributed by atoms with Crippen LogP contribution in [0, 0.1) is 0 Å². The highest BCUT2D eigenvalue weighted by Gasteiger charge is 2.40. The van der Waals surface area contributed by atoms with Crippen molar-refractivity contribution in [1.29, 1.82) is 0 Å². The van der Waals surface area contributed by atoms with Gasteiger partial charge in [0.1, 0.15) is 5.52 Å². The molecule has 0 spiro atoms. The fourth-order valence-corrected chi connectivity index (χ4v) is 4.40. The first-order chi connectivity index (χ1) is 13.7. The maximum atomic E-state index is 9.39. The van der Waals surface area contributed by atoms with Crippen molar-refractivity contribution in [2.45, 2.75) is 6.54 Å². The number of imidazole rings is 1. The van der Waals surface area contributed by atoms with E-state index in [0.29, 0.717) is 0 Å². The number of rotatable bonds is 3. The van der Waals surface area contributed by atoms with Gasteiger partial charge in [-0.15, -0.1) is 4.57 Å². The standard InChI is InChI=1S/C21H16BN3O3/c26-22(27)28-24-11-10-15-12-23-13-18(14-6-2-1-3-7-14)25-17-9-5-4-8-16(17)20(24)19(15)21(23)25/h1-11,13,26-27H,12H2/q+2. The fourth-order valence-electron chi connectivity index (χ4n) is 4.40. The Hall–Kier alpha value is -3.42. The van der Waals surface area contributed by atoms with Crippen LogP contribution in [-0.2, 0) is 6.54 Å². The third-order valence-corrected chi connectivity index (χ3v) is 5.43. The first-order valence-electron chi connectivity index (χ1n) is 9.14. The van der Waals surface area contributed by atoms with Crippen molar-refractivity contribution in [2.75, 3.05) is 0 Å². The van der Waals surface area contributed by atoms with Crippen LogP contribution in [0.15, 0.2) is 73.1 Å². The number of pyridine rings is 2. The molecular weight excluding hydrogens is 353 g/mol. The van der Waals surface area contributed by atoms with E-state index >= 15 is 0 Å². The molecule has 134 valence electrons. The summed E-state index contributed by atoms with van der Waals surface area (Å²) in [6.45, 7) is 0.765. The number of hydrogen-bond acceptors (Lipinski definition) is 3. The van der Waals surface area contributed by atoms with Crippen LogP contribution < -0.4 is 13.7 Å². The van der Waals surface area contributed by atoms with Crippen molar-refractivity contribution in [3.63, 3.8) is 0 Å². The van der Waals surface area contributed by atoms with Crippen LogP contribution in [0.1, 0.15) is 5.56 Å². The molecule has 2 N–H and O–H groups in total. The third-order valence-electron chi connectivity index (χ3n) is 5.43. The first-order valence-corrected chi connectivity index (χ1v) is 9.14. The average Bonchev–Trinajstić information content (AvgIpc) is 3.26. The minimum absolute atomic E-state index is 0.765. The number of hydrogen-bond donors (Lipinski definition) is 2. The fraction of sp³-hybridized carbons (Fsp3) is 0.0476. The van der Waals surface area contributed by atoms with Gasteiger partial charge in [-0.05, 0) is 24.3 Å². The SMILES string of the molecule is OB(O)On1ccc2c3c1c1ccccc1[n+]1c(-c4ccccc4)c[n+](c31)C2. The van der Waals surface area contributed by atoms with E-state index in [1.165, 1.54) is 10.3 Å². The Labute approximate surface area is 160 Å². The molecule has 7 heteroatoms. The van der Waals surface area contributed by atoms with Crippen LogP contribution in [0.3, 0.4) is 0 Å². The molecule has 0 fully saturated rings. The smallest absolute Gasteiger partial charge is 0.421 e. The predicted molar refractivity (Wildman–Crippen MR) is 104 cm³/mol. The molecule has 1 aliphatic rings. The molecule has 0 bridgehead atoms. The zero-order valence-electron chi connectivity index (χ0n) is 14.9. The van der Waals surface area contributed by atoms with Gasteiger partial charge in [-0.2, -0.15) is 0 Å². The van der Waals surface area contributed by atoms with Crippen LogP contribution in [-0.4, -0.2) is 22.1 Å². The molecule has 0 saturated carbocycles. The molecule has 0 unspecified atom stereocenters. The maximum absolute atomic E-state index is 9.39. The van der Waals surface area contributed by atoms with Crippen LogP contribution in [0.2, 0.25) is 0 Å². The van der Waals surface area contributed by atoms with E-state index in [4.69, 9.17) is 4.76 Å². The predicted octanol–water partition coefficient (Wildman–Crippen LogP) is 1.25. The highest BCUT2D eigenvalue weighted by Crippen LogP contribution is 2.32. The topological polar surface area (TPSA) is 62.6 Å². The molecule has 0 atom stereocenters. The summed E-state index contributed by atoms with van der Waals surface area (Å²) < 4.78 is 11.2. The van der Waals surface area contributed by atoms with Crippen molar-refractivity contribution >= 4 is 34.8 Å². The lowest BCUT2D eigenvalue weighted by molar-refractivity contribution is -0.687. The molecule has 0 saturated heterocycles. The quantitative estimate of drug-likeness (QED) is 0.280. The molecule has 1 aliphatic heterocycles. The summed E-state index contributed by atoms with van der Waals surface area (Å²) in [5.74, 6) is 0. The number of para-hydroxylation sites is 1. The average molecular weight is 369 g/mol. The Kier molecular flexibility index (Phi) is 3.09. The van der Waals surface area contributed by atoms with E-state index in [2.05, 4.69) is 33.4 Å². The summed E-state index contributed by atoms with van der Waals surface area (Å²) in [4.78, 5) is 0. The zero-order chi connectivity index (χ0) is 18.8. The second kappa shape index (κ2) is 5.54. The van der Waals surface area contributed by atoms with Crippen molar-refractivity contribution in [2.24, 2.45) is 0 Å². The van der Waals surface area contributed by atoms with Gasteiger partial charge in [0.2, 0.25) is 11.7 Å². The number of benzene rings is 2. The summed E-state index contributed by atoms with van der Waals surface area (Å²) in [6.07, 6.45) is 3.92. The van der Waals surface area contributed by atoms with Gasteiger partial charge >= 0.3 is 13.0 Å². The van der Waals surface area contributed by atoms with Gasteiger partial charge < -0.3 is 14.8 Å². The molecule has 0 amide bonds. The molecule has 3 aromatic heterocycles. The van der Waals surface area contributed by atoms with Crippen LogP contribution in [0.4, 0.5) is 0 Å². The van der Waals surface area contributed by atoms with E-state index in [9.17, 15) is 10.0 Å². The number of nitrogens with zero attached hydrogens (tertiary/aromatic N) is 3. The normalized spacial score (nSPS) is 12.5. The number of fused-ring (bicyclic) bond motifs is 3. The van der Waals surface area contributed by atoms with Crippen molar-refractivity contribution in [1.82, 2.24) is 4.73 Å². The summed E-state index contributed by atoms with van der Waals surface area (Å²) in [7, 11) is -1.89. The van der Waals surface area contributed by atoms with Gasteiger partial charge in [0, 0.05) is 17.8 Å². The minimum Gasteiger partial charge on any atom is -0.421 e. The van der Waals surface area contributed by atoms with Gasteiger partial charge in [0.05, 0.1) is 10.9 Å². The van der Waals surface area contributed by atoms with E-state index < -0.39 is 7.32 Å². The molecular formula is C21H16BN3O3+2. The Bertz CT molecular complexity index is 1400. The van der Waals surface area contributed by atoms with Gasteiger partial charge in [0.15, 0.2) is 11.9 Å². The Morgan fingerprint density at radius 1 is 0.964 bits per heavy atom. The zero-order valence-corrected chi connectivity index (χ0v) is 14.9. The van der Waals surface area contributed by atoms with Gasteiger partial charge in [-0.3, -0.25) is 0 Å². The first kappa shape index (κ1) is 15.6. The summed E-state index contributed by atoms with van der Waals surface area (Å²) in [5, 5.41) is 20.8. The lowest BCUT2D eigenvalue weighted by Crippen LogP contribution is -2.34. The Balaban J connectivity index is 1.85. The van der Waals surface area contributed by atoms with E-state index in [1.807, 2.05) is 42.5 Å². The van der Waals surface area contributed by atoms with Crippen molar-refractivity contribution < 1.29 is 23.8 Å². The lowest BCUT2D eigenvalue weighted by atomic mass is 10.1. The van der Waals surface area contributed by atoms with Gasteiger partial charge in [0.25, 0.3) is 5.69 Å². The maximum Gasteiger partial charge on any atom is 0.728 e. The second-order valence-electron chi connectivity index (χ2n) is 7.01. The summed E-state index contributed by atoms with van der Waals surface area (Å²) in [5.41, 5.74) is 6.39. The molecule has 0 aliphatic carbocycles. The van der Waals surface area contributed by atoms with E-state index in [0.717, 1.165) is 45.3 Å². The van der Waals surface area contributed by atoms with E-state index in [-0.39, 0.29) is 0 Å². The molecule has 28 heavy (non-hydrogen) atoms. The van der Waals surface area contributed by atoms with E-state index in [1.54, 1.807) is 6.20 Å². The second-order valence-corrected chi connectivity index (χ2v) is 7.01. The molecule has 6 rings (SSSR count). The van der Waals surface area contributed by atoms with Crippen LogP contribution in [0.25, 0.3) is 38.7 Å². The van der Waals surface area contributed by atoms with Crippen molar-refractivity contribution in [3.05, 3.63) is 78.6 Å². The van der Waals surface area contributed by atoms with Crippen LogP contribution in [0.5, 0.6) is 0 Å². The highest BCUT2D eigenvalue weighted by atomic mass is 16.7. The molecule has 0 radical (unpaired) electrons. The molecule has 2 aromatic carbocycles. The Morgan fingerprint density at radius 3 is 2.57 bits per heavy atom. The third kappa shape index (κ3) is 2.00. The van der Waals surface area contributed by atoms with Gasteiger partial charge in [-0.1, -0.05) is 34.7 Å². The number of aromatic nitrogens is 3. The van der Waals surface area contributed by atoms with Crippen molar-refractivity contribution in [3.8, 4) is 11.3 Å².